The van der Waals surface area contributed by atoms with Gasteiger partial charge in [0.2, 0.25) is 0 Å². The highest BCUT2D eigenvalue weighted by Crippen LogP contribution is 2.00. The van der Waals surface area contributed by atoms with Gasteiger partial charge >= 0.3 is 11.9 Å². The number of carboxylic acids is 2. The highest BCUT2D eigenvalue weighted by molar-refractivity contribution is 5.86. The minimum absolute atomic E-state index is 0. The monoisotopic (exact) mass is 250 g/mol. The molecule has 6 heteroatoms. The Balaban J connectivity index is -0.000000218. The van der Waals surface area contributed by atoms with E-state index in [1.807, 2.05) is 0 Å². The summed E-state index contributed by atoms with van der Waals surface area (Å²) in [7, 11) is 0. The zero-order valence-corrected chi connectivity index (χ0v) is 9.76. The Hall–Kier alpha value is -1.56. The fourth-order valence-corrected chi connectivity index (χ4v) is 0.361. The van der Waals surface area contributed by atoms with Crippen molar-refractivity contribution in [3.8, 4) is 0 Å². The largest absolute Gasteiger partial charge is 0.512 e. The number of allylic oxidation sites excluding steroid dienone is 1. The van der Waals surface area contributed by atoms with E-state index in [0.717, 1.165) is 0 Å². The van der Waals surface area contributed by atoms with Gasteiger partial charge in [0.1, 0.15) is 0 Å². The summed E-state index contributed by atoms with van der Waals surface area (Å²) >= 11 is 0. The van der Waals surface area contributed by atoms with Gasteiger partial charge in [-0.25, -0.2) is 4.79 Å². The molecule has 17 heavy (non-hydrogen) atoms. The maximum atomic E-state index is 9.98. The van der Waals surface area contributed by atoms with Crippen LogP contribution in [0.1, 0.15) is 35.1 Å². The summed E-state index contributed by atoms with van der Waals surface area (Å²) in [4.78, 5) is 19.9. The fraction of sp³-hybridized carbons (Fsp3) is 0.636. The molecule has 4 N–H and O–H groups in total. The molecule has 2 atom stereocenters. The summed E-state index contributed by atoms with van der Waals surface area (Å²) < 4.78 is 0. The molecule has 6 nitrogen and oxygen atoms in total. The van der Waals surface area contributed by atoms with E-state index in [9.17, 15) is 9.59 Å². The van der Waals surface area contributed by atoms with Gasteiger partial charge in [-0.15, -0.1) is 0 Å². The van der Waals surface area contributed by atoms with Crippen molar-refractivity contribution in [1.82, 2.24) is 0 Å². The third-order valence-electron chi connectivity index (χ3n) is 1.98. The van der Waals surface area contributed by atoms with Crippen molar-refractivity contribution in [2.24, 2.45) is 5.92 Å². The average molecular weight is 250 g/mol. The molecule has 0 saturated heterocycles. The highest BCUT2D eigenvalue weighted by Gasteiger charge is 2.15. The molecule has 0 aromatic heterocycles. The van der Waals surface area contributed by atoms with Crippen LogP contribution in [-0.4, -0.2) is 38.5 Å². The number of aliphatic hydroxyl groups is 2. The summed E-state index contributed by atoms with van der Waals surface area (Å²) in [6.45, 7) is 5.60. The highest BCUT2D eigenvalue weighted by atomic mass is 16.4. The molecule has 0 aromatic rings. The lowest BCUT2D eigenvalue weighted by Gasteiger charge is -2.06. The lowest BCUT2D eigenvalue weighted by molar-refractivity contribution is -0.144. The molecule has 0 bridgehead atoms. The zero-order chi connectivity index (χ0) is 13.5. The molecule has 0 amide bonds. The van der Waals surface area contributed by atoms with Gasteiger partial charge in [0.15, 0.2) is 0 Å². The van der Waals surface area contributed by atoms with Crippen molar-refractivity contribution in [1.29, 1.82) is 0 Å². The van der Waals surface area contributed by atoms with Crippen molar-refractivity contribution in [3.63, 3.8) is 0 Å². The van der Waals surface area contributed by atoms with Gasteiger partial charge in [-0.05, 0) is 27.7 Å². The maximum Gasteiger partial charge on any atom is 0.334 e. The van der Waals surface area contributed by atoms with Crippen LogP contribution in [0.3, 0.4) is 0 Å². The Morgan fingerprint density at radius 3 is 1.35 bits per heavy atom. The quantitative estimate of drug-likeness (QED) is 0.447. The third-order valence-corrected chi connectivity index (χ3v) is 1.98. The summed E-state index contributed by atoms with van der Waals surface area (Å²) in [6, 6.07) is 0. The first-order chi connectivity index (χ1) is 7.11. The second-order valence-electron chi connectivity index (χ2n) is 3.38. The molecule has 0 rings (SSSR count). The number of rotatable bonds is 3. The van der Waals surface area contributed by atoms with Crippen molar-refractivity contribution in [2.75, 3.05) is 0 Å². The van der Waals surface area contributed by atoms with Gasteiger partial charge in [0, 0.05) is 0 Å². The van der Waals surface area contributed by atoms with Crippen molar-refractivity contribution >= 4 is 11.9 Å². The molecule has 0 fully saturated rings. The van der Waals surface area contributed by atoms with Crippen LogP contribution in [0.5, 0.6) is 0 Å². The SMILES string of the molecule is C.C/C(O)=C(\C)C(=O)O.CC(O)C(C)C(=O)O. The van der Waals surface area contributed by atoms with E-state index >= 15 is 0 Å². The second-order valence-corrected chi connectivity index (χ2v) is 3.38. The molecular formula is C11H22O6. The normalized spacial score (nSPS) is 14.2. The molecule has 102 valence electrons. The smallest absolute Gasteiger partial charge is 0.334 e. The number of hydrogen-bond acceptors (Lipinski definition) is 4. The predicted molar refractivity (Wildman–Crippen MR) is 63.9 cm³/mol. The molecule has 0 heterocycles. The predicted octanol–water partition coefficient (Wildman–Crippen LogP) is 1.65. The van der Waals surface area contributed by atoms with Crippen LogP contribution in [-0.2, 0) is 9.59 Å². The molecule has 0 aromatic carbocycles. The lowest BCUT2D eigenvalue weighted by atomic mass is 10.1. The maximum absolute atomic E-state index is 9.98. The Labute approximate surface area is 101 Å². The standard InChI is InChI=1S/C5H10O3.C5H8O3.CH4/c2*1-3(4(2)6)5(7)8;/h3-4,6H,1-2H3,(H,7,8);6H,1-2H3,(H,7,8);1H4/b;4-3-;. The number of aliphatic carboxylic acids is 2. The molecular weight excluding hydrogens is 228 g/mol. The molecule has 0 radical (unpaired) electrons. The van der Waals surface area contributed by atoms with Crippen LogP contribution in [0.15, 0.2) is 11.3 Å². The first-order valence-electron chi connectivity index (χ1n) is 4.61. The van der Waals surface area contributed by atoms with Gasteiger partial charge in [-0.2, -0.15) is 0 Å². The van der Waals surface area contributed by atoms with E-state index in [2.05, 4.69) is 0 Å². The Morgan fingerprint density at radius 2 is 1.35 bits per heavy atom. The second kappa shape index (κ2) is 9.65. The minimum Gasteiger partial charge on any atom is -0.512 e. The molecule has 0 spiro atoms. The van der Waals surface area contributed by atoms with E-state index < -0.39 is 24.0 Å². The Bertz CT molecular complexity index is 276. The van der Waals surface area contributed by atoms with Gasteiger partial charge < -0.3 is 20.4 Å². The molecule has 0 aliphatic carbocycles. The molecule has 0 aliphatic heterocycles. The van der Waals surface area contributed by atoms with Gasteiger partial charge in [-0.3, -0.25) is 4.79 Å². The number of carbonyl (C=O) groups is 2. The van der Waals surface area contributed by atoms with E-state index in [-0.39, 0.29) is 18.8 Å². The van der Waals surface area contributed by atoms with Crippen molar-refractivity contribution < 1.29 is 30.0 Å². The van der Waals surface area contributed by atoms with Crippen LogP contribution < -0.4 is 0 Å². The van der Waals surface area contributed by atoms with Crippen LogP contribution in [0.25, 0.3) is 0 Å². The zero-order valence-electron chi connectivity index (χ0n) is 9.76. The number of hydrogen-bond donors (Lipinski definition) is 4. The van der Waals surface area contributed by atoms with Crippen LogP contribution in [0, 0.1) is 5.92 Å². The molecule has 0 saturated carbocycles. The minimum atomic E-state index is -1.08. The summed E-state index contributed by atoms with van der Waals surface area (Å²) in [5.74, 6) is -2.84. The Morgan fingerprint density at radius 1 is 1.00 bits per heavy atom. The fourth-order valence-electron chi connectivity index (χ4n) is 0.361. The molecule has 2 unspecified atom stereocenters. The van der Waals surface area contributed by atoms with Gasteiger partial charge in [0.05, 0.1) is 23.4 Å². The van der Waals surface area contributed by atoms with Crippen molar-refractivity contribution in [2.45, 2.75) is 41.2 Å². The Kier molecular flexibility index (Phi) is 11.8. The summed E-state index contributed by atoms with van der Waals surface area (Å²) in [5, 5.41) is 33.4. The van der Waals surface area contributed by atoms with Crippen LogP contribution in [0.4, 0.5) is 0 Å². The lowest BCUT2D eigenvalue weighted by Crippen LogP contribution is -2.21. The topological polar surface area (TPSA) is 115 Å². The van der Waals surface area contributed by atoms with E-state index in [1.165, 1.54) is 27.7 Å². The first-order valence-corrected chi connectivity index (χ1v) is 4.61. The summed E-state index contributed by atoms with van der Waals surface area (Å²) in [5.41, 5.74) is -0.00926. The third kappa shape index (κ3) is 10.7. The van der Waals surface area contributed by atoms with E-state index in [0.29, 0.717) is 0 Å². The van der Waals surface area contributed by atoms with Crippen LogP contribution in [0.2, 0.25) is 0 Å². The average Bonchev–Trinajstić information content (AvgIpc) is 2.15. The van der Waals surface area contributed by atoms with E-state index in [4.69, 9.17) is 20.4 Å². The van der Waals surface area contributed by atoms with Crippen molar-refractivity contribution in [3.05, 3.63) is 11.3 Å². The van der Waals surface area contributed by atoms with Crippen LogP contribution >= 0.6 is 0 Å². The van der Waals surface area contributed by atoms with E-state index in [1.54, 1.807) is 0 Å². The molecule has 0 aliphatic rings. The number of aliphatic hydroxyl groups excluding tert-OH is 2. The van der Waals surface area contributed by atoms with Gasteiger partial charge in [-0.1, -0.05) is 7.43 Å². The number of carboxylic acid groups (broad SMARTS) is 2. The van der Waals surface area contributed by atoms with Gasteiger partial charge in [0.25, 0.3) is 0 Å². The summed E-state index contributed by atoms with van der Waals surface area (Å²) in [6.07, 6.45) is -0.757. The first kappa shape index (κ1) is 20.8.